The van der Waals surface area contributed by atoms with E-state index in [1.54, 1.807) is 6.21 Å². The second kappa shape index (κ2) is 6.04. The molecule has 1 aromatic carbocycles. The number of halogens is 1. The minimum Gasteiger partial charge on any atom is -0.507 e. The van der Waals surface area contributed by atoms with Gasteiger partial charge in [-0.25, -0.2) is 4.98 Å². The third-order valence-corrected chi connectivity index (χ3v) is 3.64. The Hall–Kier alpha value is -1.59. The van der Waals surface area contributed by atoms with Crippen LogP contribution in [0, 0.1) is 13.8 Å². The number of thiazole rings is 1. The molecule has 0 saturated heterocycles. The fourth-order valence-electron chi connectivity index (χ4n) is 1.65. The second-order valence-corrected chi connectivity index (χ2v) is 5.28. The molecule has 6 heteroatoms. The number of aromatic nitrogens is 1. The van der Waals surface area contributed by atoms with E-state index in [1.807, 2.05) is 31.4 Å². The number of phenolic OH excluding ortho intramolecular Hbond substituents is 1. The molecular formula is C13H14ClN3OS. The van der Waals surface area contributed by atoms with Gasteiger partial charge in [-0.15, -0.1) is 22.9 Å². The van der Waals surface area contributed by atoms with Crippen LogP contribution in [0.1, 0.15) is 22.4 Å². The van der Waals surface area contributed by atoms with Crippen molar-refractivity contribution in [3.05, 3.63) is 39.9 Å². The quantitative estimate of drug-likeness (QED) is 0.514. The molecule has 0 bridgehead atoms. The van der Waals surface area contributed by atoms with Crippen LogP contribution in [0.2, 0.25) is 0 Å². The Balaban J connectivity index is 2.16. The molecule has 0 radical (unpaired) electrons. The van der Waals surface area contributed by atoms with E-state index in [4.69, 9.17) is 11.6 Å². The number of anilines is 1. The summed E-state index contributed by atoms with van der Waals surface area (Å²) in [5.74, 6) is 0.439. The molecule has 0 spiro atoms. The summed E-state index contributed by atoms with van der Waals surface area (Å²) < 4.78 is 0. The van der Waals surface area contributed by atoms with Crippen molar-refractivity contribution >= 4 is 34.3 Å². The zero-order valence-corrected chi connectivity index (χ0v) is 12.2. The van der Waals surface area contributed by atoms with Crippen molar-refractivity contribution < 1.29 is 5.11 Å². The molecule has 0 unspecified atom stereocenters. The molecule has 0 aliphatic rings. The highest BCUT2D eigenvalue weighted by atomic mass is 35.5. The van der Waals surface area contributed by atoms with Crippen LogP contribution in [0.15, 0.2) is 22.6 Å². The van der Waals surface area contributed by atoms with Gasteiger partial charge >= 0.3 is 0 Å². The van der Waals surface area contributed by atoms with E-state index in [0.29, 0.717) is 11.1 Å². The molecule has 0 atom stereocenters. The van der Waals surface area contributed by atoms with Gasteiger partial charge in [-0.2, -0.15) is 5.10 Å². The molecule has 2 rings (SSSR count). The maximum absolute atomic E-state index is 10.00. The minimum atomic E-state index is 0.168. The molecule has 2 aromatic rings. The molecule has 0 fully saturated rings. The van der Waals surface area contributed by atoms with Crippen LogP contribution in [0.4, 0.5) is 5.13 Å². The Labute approximate surface area is 120 Å². The average molecular weight is 296 g/mol. The Morgan fingerprint density at radius 3 is 2.89 bits per heavy atom. The van der Waals surface area contributed by atoms with Gasteiger partial charge in [0, 0.05) is 16.5 Å². The molecule has 0 saturated carbocycles. The first-order valence-electron chi connectivity index (χ1n) is 5.70. The predicted octanol–water partition coefficient (Wildman–Crippen LogP) is 3.65. The van der Waals surface area contributed by atoms with Crippen LogP contribution in [-0.4, -0.2) is 16.3 Å². The molecule has 0 aliphatic carbocycles. The summed E-state index contributed by atoms with van der Waals surface area (Å²) >= 11 is 7.26. The van der Waals surface area contributed by atoms with Gasteiger partial charge < -0.3 is 5.11 Å². The van der Waals surface area contributed by atoms with Gasteiger partial charge in [0.05, 0.1) is 17.8 Å². The monoisotopic (exact) mass is 295 g/mol. The number of nitrogens with one attached hydrogen (secondary N) is 1. The van der Waals surface area contributed by atoms with Crippen LogP contribution < -0.4 is 5.43 Å². The summed E-state index contributed by atoms with van der Waals surface area (Å²) in [5.41, 5.74) is 6.15. The van der Waals surface area contributed by atoms with Crippen LogP contribution in [0.25, 0.3) is 0 Å². The molecule has 100 valence electrons. The minimum absolute atomic E-state index is 0.168. The molecule has 0 amide bonds. The first-order valence-corrected chi connectivity index (χ1v) is 7.11. The number of hydrogen-bond donors (Lipinski definition) is 2. The molecular weight excluding hydrogens is 282 g/mol. The zero-order chi connectivity index (χ0) is 13.8. The van der Waals surface area contributed by atoms with E-state index in [9.17, 15) is 5.11 Å². The van der Waals surface area contributed by atoms with Crippen LogP contribution in [-0.2, 0) is 5.88 Å². The van der Waals surface area contributed by atoms with Gasteiger partial charge in [-0.3, -0.25) is 5.43 Å². The zero-order valence-electron chi connectivity index (χ0n) is 10.6. The van der Waals surface area contributed by atoms with Gasteiger partial charge in [0.2, 0.25) is 5.13 Å². The van der Waals surface area contributed by atoms with Crippen molar-refractivity contribution in [2.24, 2.45) is 5.10 Å². The van der Waals surface area contributed by atoms with Crippen molar-refractivity contribution in [1.29, 1.82) is 0 Å². The molecule has 1 heterocycles. The standard InChI is InChI=1S/C13H14ClN3OS/c1-8-3-10(5-14)12(18)11(4-8)6-15-17-13-16-9(2)7-19-13/h3-4,6-7,18H,5H2,1-2H3,(H,16,17). The highest BCUT2D eigenvalue weighted by Crippen LogP contribution is 2.24. The Bertz CT molecular complexity index is 610. The maximum Gasteiger partial charge on any atom is 0.203 e. The number of hydrazone groups is 1. The second-order valence-electron chi connectivity index (χ2n) is 4.16. The first kappa shape index (κ1) is 13.8. The summed E-state index contributed by atoms with van der Waals surface area (Å²) in [6, 6.07) is 3.71. The SMILES string of the molecule is Cc1cc(C=NNc2nc(C)cs2)c(O)c(CCl)c1. The highest BCUT2D eigenvalue weighted by molar-refractivity contribution is 7.13. The maximum atomic E-state index is 10.00. The summed E-state index contributed by atoms with van der Waals surface area (Å²) in [6.45, 7) is 3.87. The lowest BCUT2D eigenvalue weighted by molar-refractivity contribution is 0.469. The summed E-state index contributed by atoms with van der Waals surface area (Å²) in [4.78, 5) is 4.23. The fraction of sp³-hybridized carbons (Fsp3) is 0.231. The third-order valence-electron chi connectivity index (χ3n) is 2.49. The summed E-state index contributed by atoms with van der Waals surface area (Å²) in [7, 11) is 0. The largest absolute Gasteiger partial charge is 0.507 e. The van der Waals surface area contributed by atoms with Crippen molar-refractivity contribution in [2.75, 3.05) is 5.43 Å². The fourth-order valence-corrected chi connectivity index (χ4v) is 2.49. The number of rotatable bonds is 4. The van der Waals surface area contributed by atoms with Crippen molar-refractivity contribution in [3.63, 3.8) is 0 Å². The molecule has 2 N–H and O–H groups in total. The number of benzene rings is 1. The van der Waals surface area contributed by atoms with E-state index in [2.05, 4.69) is 15.5 Å². The van der Waals surface area contributed by atoms with Gasteiger partial charge in [0.15, 0.2) is 0 Å². The lowest BCUT2D eigenvalue weighted by Crippen LogP contribution is -1.93. The number of alkyl halides is 1. The van der Waals surface area contributed by atoms with Gasteiger partial charge in [-0.1, -0.05) is 6.07 Å². The van der Waals surface area contributed by atoms with Crippen LogP contribution in [0.3, 0.4) is 0 Å². The number of hydrogen-bond acceptors (Lipinski definition) is 5. The summed E-state index contributed by atoms with van der Waals surface area (Å²) in [5, 5.41) is 16.7. The molecule has 19 heavy (non-hydrogen) atoms. The van der Waals surface area contributed by atoms with Crippen molar-refractivity contribution in [3.8, 4) is 5.75 Å². The van der Waals surface area contributed by atoms with Crippen molar-refractivity contribution in [2.45, 2.75) is 19.7 Å². The Morgan fingerprint density at radius 2 is 2.26 bits per heavy atom. The van der Waals surface area contributed by atoms with E-state index in [-0.39, 0.29) is 11.6 Å². The highest BCUT2D eigenvalue weighted by Gasteiger charge is 2.06. The number of aromatic hydroxyl groups is 1. The predicted molar refractivity (Wildman–Crippen MR) is 80.5 cm³/mol. The first-order chi connectivity index (χ1) is 9.10. The van der Waals surface area contributed by atoms with Gasteiger partial charge in [0.25, 0.3) is 0 Å². The third kappa shape index (κ3) is 3.45. The number of aryl methyl sites for hydroxylation is 2. The van der Waals surface area contributed by atoms with E-state index < -0.39 is 0 Å². The normalized spacial score (nSPS) is 11.1. The van der Waals surface area contributed by atoms with E-state index in [1.165, 1.54) is 11.3 Å². The van der Waals surface area contributed by atoms with Gasteiger partial charge in [0.1, 0.15) is 5.75 Å². The van der Waals surface area contributed by atoms with Crippen molar-refractivity contribution in [1.82, 2.24) is 4.98 Å². The summed E-state index contributed by atoms with van der Waals surface area (Å²) in [6.07, 6.45) is 1.56. The molecule has 4 nitrogen and oxygen atoms in total. The van der Waals surface area contributed by atoms with Gasteiger partial charge in [-0.05, 0) is 25.5 Å². The van der Waals surface area contributed by atoms with Crippen LogP contribution >= 0.6 is 22.9 Å². The number of phenols is 1. The van der Waals surface area contributed by atoms with Crippen LogP contribution in [0.5, 0.6) is 5.75 Å². The smallest absolute Gasteiger partial charge is 0.203 e. The lowest BCUT2D eigenvalue weighted by Gasteiger charge is -2.06. The molecule has 0 aliphatic heterocycles. The van der Waals surface area contributed by atoms with E-state index >= 15 is 0 Å². The van der Waals surface area contributed by atoms with E-state index in [0.717, 1.165) is 16.4 Å². The lowest BCUT2D eigenvalue weighted by atomic mass is 10.1. The average Bonchev–Trinajstić information content (AvgIpc) is 2.79. The Kier molecular flexibility index (Phi) is 4.39. The number of nitrogens with zero attached hydrogens (tertiary/aromatic N) is 2. The Morgan fingerprint density at radius 1 is 1.47 bits per heavy atom. The molecule has 1 aromatic heterocycles. The topological polar surface area (TPSA) is 57.5 Å².